The lowest BCUT2D eigenvalue weighted by atomic mass is 10.4. The molecule has 0 radical (unpaired) electrons. The number of aliphatic hydroxyl groups is 1. The summed E-state index contributed by atoms with van der Waals surface area (Å²) in [5.74, 6) is -0.485. The molecule has 1 rings (SSSR count). The Morgan fingerprint density at radius 3 is 2.87 bits per heavy atom. The van der Waals surface area contributed by atoms with Gasteiger partial charge >= 0.3 is 11.2 Å². The van der Waals surface area contributed by atoms with E-state index in [0.717, 1.165) is 0 Å². The Labute approximate surface area is 83.1 Å². The molecule has 0 aliphatic carbocycles. The SMILES string of the molecule is Nc1nc(NCCO)c([N+](=O)[O-])c(=O)[nH]1. The van der Waals surface area contributed by atoms with Crippen LogP contribution in [-0.4, -0.2) is 33.1 Å². The molecule has 9 heteroatoms. The zero-order valence-electron chi connectivity index (χ0n) is 7.56. The van der Waals surface area contributed by atoms with Gasteiger partial charge in [0, 0.05) is 6.54 Å². The lowest BCUT2D eigenvalue weighted by Gasteiger charge is -2.03. The summed E-state index contributed by atoms with van der Waals surface area (Å²) in [5.41, 5.74) is 3.55. The average molecular weight is 215 g/mol. The summed E-state index contributed by atoms with van der Waals surface area (Å²) in [4.78, 5) is 26.3. The van der Waals surface area contributed by atoms with Crippen LogP contribution in [0.25, 0.3) is 0 Å². The van der Waals surface area contributed by atoms with E-state index in [2.05, 4.69) is 10.3 Å². The Kier molecular flexibility index (Phi) is 3.18. The Hall–Kier alpha value is -2.16. The highest BCUT2D eigenvalue weighted by Crippen LogP contribution is 2.15. The third-order valence-corrected chi connectivity index (χ3v) is 1.50. The van der Waals surface area contributed by atoms with Crippen molar-refractivity contribution in [1.29, 1.82) is 0 Å². The summed E-state index contributed by atoms with van der Waals surface area (Å²) in [6.45, 7) is -0.206. The summed E-state index contributed by atoms with van der Waals surface area (Å²) < 4.78 is 0. The van der Waals surface area contributed by atoms with Crippen LogP contribution in [0.3, 0.4) is 0 Å². The molecule has 0 aliphatic heterocycles. The highest BCUT2D eigenvalue weighted by atomic mass is 16.6. The van der Waals surface area contributed by atoms with E-state index in [1.54, 1.807) is 0 Å². The van der Waals surface area contributed by atoms with Crippen LogP contribution in [0.15, 0.2) is 4.79 Å². The highest BCUT2D eigenvalue weighted by molar-refractivity contribution is 5.56. The molecule has 9 nitrogen and oxygen atoms in total. The van der Waals surface area contributed by atoms with Gasteiger partial charge in [0.25, 0.3) is 0 Å². The first kappa shape index (κ1) is 10.9. The fourth-order valence-corrected chi connectivity index (χ4v) is 0.951. The summed E-state index contributed by atoms with van der Waals surface area (Å²) in [7, 11) is 0. The molecule has 0 unspecified atom stereocenters. The van der Waals surface area contributed by atoms with E-state index in [9.17, 15) is 14.9 Å². The number of aromatic amines is 1. The first-order chi connectivity index (χ1) is 7.06. The highest BCUT2D eigenvalue weighted by Gasteiger charge is 2.21. The molecule has 0 saturated heterocycles. The van der Waals surface area contributed by atoms with Gasteiger partial charge in [-0.1, -0.05) is 0 Å². The molecule has 0 atom stereocenters. The van der Waals surface area contributed by atoms with E-state index in [-0.39, 0.29) is 24.9 Å². The fourth-order valence-electron chi connectivity index (χ4n) is 0.951. The summed E-state index contributed by atoms with van der Waals surface area (Å²) in [5, 5.41) is 21.5. The maximum atomic E-state index is 11.1. The van der Waals surface area contributed by atoms with Gasteiger partial charge in [-0.05, 0) is 0 Å². The van der Waals surface area contributed by atoms with Crippen LogP contribution in [0.1, 0.15) is 0 Å². The van der Waals surface area contributed by atoms with Crippen molar-refractivity contribution in [2.45, 2.75) is 0 Å². The Bertz CT molecular complexity index is 428. The predicted molar refractivity (Wildman–Crippen MR) is 51.5 cm³/mol. The van der Waals surface area contributed by atoms with Gasteiger partial charge in [0.05, 0.1) is 11.5 Å². The summed E-state index contributed by atoms with van der Waals surface area (Å²) in [6.07, 6.45) is 0. The van der Waals surface area contributed by atoms with Crippen LogP contribution in [0.2, 0.25) is 0 Å². The second-order valence-electron chi connectivity index (χ2n) is 2.56. The second-order valence-corrected chi connectivity index (χ2v) is 2.56. The molecule has 0 bridgehead atoms. The number of hydrogen-bond donors (Lipinski definition) is 4. The maximum Gasteiger partial charge on any atom is 0.375 e. The van der Waals surface area contributed by atoms with Gasteiger partial charge in [-0.15, -0.1) is 0 Å². The molecule has 1 aromatic heterocycles. The molecule has 0 saturated carbocycles. The number of rotatable bonds is 4. The standard InChI is InChI=1S/C6H9N5O4/c7-6-9-4(8-1-2-12)3(11(14)15)5(13)10-6/h12H,1-2H2,(H4,7,8,9,10,13). The van der Waals surface area contributed by atoms with Crippen LogP contribution in [0, 0.1) is 10.1 Å². The van der Waals surface area contributed by atoms with Crippen molar-refractivity contribution in [1.82, 2.24) is 9.97 Å². The minimum Gasteiger partial charge on any atom is -0.395 e. The molecule has 82 valence electrons. The van der Waals surface area contributed by atoms with Crippen molar-refractivity contribution in [3.05, 3.63) is 20.5 Å². The maximum absolute atomic E-state index is 11.1. The summed E-state index contributed by atoms with van der Waals surface area (Å²) >= 11 is 0. The molecule has 1 heterocycles. The second kappa shape index (κ2) is 4.37. The Balaban J connectivity index is 3.21. The normalized spacial score (nSPS) is 9.93. The zero-order valence-corrected chi connectivity index (χ0v) is 7.56. The zero-order chi connectivity index (χ0) is 11.4. The molecule has 0 spiro atoms. The molecule has 1 aromatic rings. The van der Waals surface area contributed by atoms with Gasteiger partial charge in [0.1, 0.15) is 0 Å². The molecular formula is C6H9N5O4. The Morgan fingerprint density at radius 1 is 1.67 bits per heavy atom. The number of hydrogen-bond acceptors (Lipinski definition) is 7. The number of nitrogens with two attached hydrogens (primary N) is 1. The third kappa shape index (κ3) is 2.40. The molecule has 0 amide bonds. The lowest BCUT2D eigenvalue weighted by molar-refractivity contribution is -0.385. The summed E-state index contributed by atoms with van der Waals surface area (Å²) in [6, 6.07) is 0. The van der Waals surface area contributed by atoms with Gasteiger partial charge < -0.3 is 16.2 Å². The number of aromatic nitrogens is 2. The topological polar surface area (TPSA) is 147 Å². The minimum atomic E-state index is -0.937. The molecular weight excluding hydrogens is 206 g/mol. The molecule has 0 fully saturated rings. The van der Waals surface area contributed by atoms with Crippen molar-refractivity contribution < 1.29 is 10.0 Å². The predicted octanol–water partition coefficient (Wildman–Crippen LogP) is -1.34. The lowest BCUT2D eigenvalue weighted by Crippen LogP contribution is -2.19. The fraction of sp³-hybridized carbons (Fsp3) is 0.333. The number of nitro groups is 1. The number of H-pyrrole nitrogens is 1. The van der Waals surface area contributed by atoms with Gasteiger partial charge in [-0.2, -0.15) is 4.98 Å². The van der Waals surface area contributed by atoms with Crippen LogP contribution in [0.4, 0.5) is 17.5 Å². The number of anilines is 2. The molecule has 0 aliphatic rings. The molecule has 0 aromatic carbocycles. The van der Waals surface area contributed by atoms with E-state index < -0.39 is 16.2 Å². The number of nitrogens with zero attached hydrogens (tertiary/aromatic N) is 2. The van der Waals surface area contributed by atoms with E-state index in [4.69, 9.17) is 10.8 Å². The number of nitrogens with one attached hydrogen (secondary N) is 2. The quantitative estimate of drug-likeness (QED) is 0.359. The monoisotopic (exact) mass is 215 g/mol. The van der Waals surface area contributed by atoms with Gasteiger partial charge in [0.15, 0.2) is 0 Å². The van der Waals surface area contributed by atoms with E-state index in [1.165, 1.54) is 0 Å². The van der Waals surface area contributed by atoms with Crippen molar-refractivity contribution in [2.24, 2.45) is 0 Å². The van der Waals surface area contributed by atoms with Crippen molar-refractivity contribution in [3.63, 3.8) is 0 Å². The first-order valence-corrected chi connectivity index (χ1v) is 3.95. The van der Waals surface area contributed by atoms with Gasteiger partial charge in [0.2, 0.25) is 11.8 Å². The average Bonchev–Trinajstić information content (AvgIpc) is 2.12. The molecule has 5 N–H and O–H groups in total. The smallest absolute Gasteiger partial charge is 0.375 e. The van der Waals surface area contributed by atoms with Crippen LogP contribution in [0.5, 0.6) is 0 Å². The first-order valence-electron chi connectivity index (χ1n) is 3.95. The van der Waals surface area contributed by atoms with Crippen LogP contribution < -0.4 is 16.6 Å². The number of aliphatic hydroxyl groups excluding tert-OH is 1. The van der Waals surface area contributed by atoms with Crippen molar-refractivity contribution >= 4 is 17.5 Å². The van der Waals surface area contributed by atoms with E-state index in [0.29, 0.717) is 0 Å². The van der Waals surface area contributed by atoms with Crippen LogP contribution in [-0.2, 0) is 0 Å². The third-order valence-electron chi connectivity index (χ3n) is 1.50. The minimum absolute atomic E-state index is 0.0384. The largest absolute Gasteiger partial charge is 0.395 e. The van der Waals surface area contributed by atoms with E-state index >= 15 is 0 Å². The van der Waals surface area contributed by atoms with Crippen molar-refractivity contribution in [3.8, 4) is 0 Å². The van der Waals surface area contributed by atoms with Crippen LogP contribution >= 0.6 is 0 Å². The van der Waals surface area contributed by atoms with Gasteiger partial charge in [-0.3, -0.25) is 19.9 Å². The van der Waals surface area contributed by atoms with Crippen molar-refractivity contribution in [2.75, 3.05) is 24.2 Å². The molecule has 15 heavy (non-hydrogen) atoms. The Morgan fingerprint density at radius 2 is 2.33 bits per heavy atom. The van der Waals surface area contributed by atoms with Gasteiger partial charge in [-0.25, -0.2) is 0 Å². The van der Waals surface area contributed by atoms with E-state index in [1.807, 2.05) is 4.98 Å². The number of nitrogen functional groups attached to an aromatic ring is 1.